The minimum atomic E-state index is -0.661. The van der Waals surface area contributed by atoms with Gasteiger partial charge in [-0.25, -0.2) is 4.79 Å². The minimum absolute atomic E-state index is 0.228. The molecule has 1 amide bonds. The average Bonchev–Trinajstić information content (AvgIpc) is 2.85. The number of benzene rings is 1. The zero-order chi connectivity index (χ0) is 16.1. The second kappa shape index (κ2) is 6.54. The number of esters is 1. The highest BCUT2D eigenvalue weighted by Crippen LogP contribution is 2.13. The number of hydrogen-bond acceptors (Lipinski definition) is 6. The zero-order valence-corrected chi connectivity index (χ0v) is 12.0. The van der Waals surface area contributed by atoms with E-state index in [1.807, 2.05) is 6.07 Å². The van der Waals surface area contributed by atoms with Crippen molar-refractivity contribution in [3.8, 4) is 6.07 Å². The first-order valence-corrected chi connectivity index (χ1v) is 6.41. The third kappa shape index (κ3) is 3.49. The van der Waals surface area contributed by atoms with Gasteiger partial charge in [-0.2, -0.15) is 5.26 Å². The van der Waals surface area contributed by atoms with Crippen LogP contribution in [0.5, 0.6) is 0 Å². The van der Waals surface area contributed by atoms with Crippen LogP contribution >= 0.6 is 0 Å². The van der Waals surface area contributed by atoms with Gasteiger partial charge in [0.2, 0.25) is 0 Å². The molecule has 0 spiro atoms. The Bertz CT molecular complexity index is 722. The van der Waals surface area contributed by atoms with Crippen LogP contribution in [0.3, 0.4) is 0 Å². The number of aromatic nitrogens is 1. The summed E-state index contributed by atoms with van der Waals surface area (Å²) >= 11 is 0. The van der Waals surface area contributed by atoms with Crippen LogP contribution in [0.15, 0.2) is 28.8 Å². The number of amides is 1. The topological polar surface area (TPSA) is 105 Å². The number of nitrogens with zero attached hydrogens (tertiary/aromatic N) is 2. The summed E-state index contributed by atoms with van der Waals surface area (Å²) in [6.07, 6.45) is 0. The molecular weight excluding hydrogens is 286 g/mol. The zero-order valence-electron chi connectivity index (χ0n) is 12.0. The van der Waals surface area contributed by atoms with Gasteiger partial charge in [0.25, 0.3) is 5.91 Å². The first-order chi connectivity index (χ1) is 10.5. The van der Waals surface area contributed by atoms with Crippen molar-refractivity contribution >= 4 is 17.6 Å². The van der Waals surface area contributed by atoms with Crippen molar-refractivity contribution in [3.63, 3.8) is 0 Å². The summed E-state index contributed by atoms with van der Waals surface area (Å²) in [4.78, 5) is 23.6. The van der Waals surface area contributed by atoms with Gasteiger partial charge < -0.3 is 14.6 Å². The highest BCUT2D eigenvalue weighted by atomic mass is 16.5. The number of ether oxygens (including phenoxy) is 1. The number of hydrogen-bond donors (Lipinski definition) is 1. The Morgan fingerprint density at radius 1 is 1.32 bits per heavy atom. The lowest BCUT2D eigenvalue weighted by Gasteiger charge is -2.06. The second-order valence-electron chi connectivity index (χ2n) is 4.51. The fourth-order valence-corrected chi connectivity index (χ4v) is 1.80. The smallest absolute Gasteiger partial charge is 0.344 e. The first-order valence-electron chi connectivity index (χ1n) is 6.41. The van der Waals surface area contributed by atoms with Gasteiger partial charge in [0.1, 0.15) is 11.3 Å². The molecule has 0 atom stereocenters. The first kappa shape index (κ1) is 15.3. The van der Waals surface area contributed by atoms with E-state index < -0.39 is 18.5 Å². The Morgan fingerprint density at radius 3 is 2.55 bits per heavy atom. The number of nitrogens with one attached hydrogen (secondary N) is 1. The van der Waals surface area contributed by atoms with Gasteiger partial charge in [0, 0.05) is 5.69 Å². The molecular formula is C15H13N3O4. The van der Waals surface area contributed by atoms with Gasteiger partial charge in [0.05, 0.1) is 17.3 Å². The van der Waals surface area contributed by atoms with E-state index in [1.165, 1.54) is 0 Å². The molecule has 7 heteroatoms. The van der Waals surface area contributed by atoms with E-state index in [9.17, 15) is 9.59 Å². The maximum Gasteiger partial charge on any atom is 0.344 e. The summed E-state index contributed by atoms with van der Waals surface area (Å²) in [5.74, 6) is -0.800. The number of carbonyl (C=O) groups is 2. The van der Waals surface area contributed by atoms with E-state index in [-0.39, 0.29) is 5.56 Å². The van der Waals surface area contributed by atoms with Crippen LogP contribution in [0.2, 0.25) is 0 Å². The normalized spacial score (nSPS) is 9.86. The number of anilines is 1. The van der Waals surface area contributed by atoms with Crippen molar-refractivity contribution in [1.29, 1.82) is 5.26 Å². The molecule has 0 unspecified atom stereocenters. The fraction of sp³-hybridized carbons (Fsp3) is 0.200. The summed E-state index contributed by atoms with van der Waals surface area (Å²) in [6.45, 7) is 2.78. The van der Waals surface area contributed by atoms with E-state index in [0.717, 1.165) is 0 Å². The van der Waals surface area contributed by atoms with Crippen molar-refractivity contribution in [3.05, 3.63) is 46.8 Å². The van der Waals surface area contributed by atoms with Crippen molar-refractivity contribution in [2.75, 3.05) is 11.9 Å². The lowest BCUT2D eigenvalue weighted by atomic mass is 10.2. The van der Waals surface area contributed by atoms with Crippen LogP contribution in [0.4, 0.5) is 5.69 Å². The van der Waals surface area contributed by atoms with Crippen molar-refractivity contribution in [2.45, 2.75) is 13.8 Å². The summed E-state index contributed by atoms with van der Waals surface area (Å²) < 4.78 is 9.79. The molecule has 7 nitrogen and oxygen atoms in total. The SMILES string of the molecule is Cc1noc(C)c1C(=O)OCC(=O)Nc1ccc(C#N)cc1. The molecule has 22 heavy (non-hydrogen) atoms. The van der Waals surface area contributed by atoms with Crippen LogP contribution in [-0.4, -0.2) is 23.6 Å². The molecule has 112 valence electrons. The maximum absolute atomic E-state index is 11.8. The van der Waals surface area contributed by atoms with E-state index in [2.05, 4.69) is 10.5 Å². The van der Waals surface area contributed by atoms with Gasteiger partial charge in [0.15, 0.2) is 6.61 Å². The third-order valence-corrected chi connectivity index (χ3v) is 2.87. The van der Waals surface area contributed by atoms with E-state index in [1.54, 1.807) is 38.1 Å². The van der Waals surface area contributed by atoms with Gasteiger partial charge in [-0.1, -0.05) is 5.16 Å². The van der Waals surface area contributed by atoms with Crippen molar-refractivity contribution in [2.24, 2.45) is 0 Å². The lowest BCUT2D eigenvalue weighted by Crippen LogP contribution is -2.21. The Balaban J connectivity index is 1.90. The lowest BCUT2D eigenvalue weighted by molar-refractivity contribution is -0.119. The molecule has 0 saturated heterocycles. The fourth-order valence-electron chi connectivity index (χ4n) is 1.80. The van der Waals surface area contributed by atoms with Crippen LogP contribution in [0.1, 0.15) is 27.4 Å². The van der Waals surface area contributed by atoms with Crippen LogP contribution in [0, 0.1) is 25.2 Å². The molecule has 0 radical (unpaired) electrons. The van der Waals surface area contributed by atoms with Crippen molar-refractivity contribution in [1.82, 2.24) is 5.16 Å². The number of nitriles is 1. The summed E-state index contributed by atoms with van der Waals surface area (Å²) in [5, 5.41) is 14.9. The summed E-state index contributed by atoms with van der Waals surface area (Å²) in [6, 6.07) is 8.31. The molecule has 1 aromatic heterocycles. The van der Waals surface area contributed by atoms with Crippen LogP contribution in [-0.2, 0) is 9.53 Å². The second-order valence-corrected chi connectivity index (χ2v) is 4.51. The molecule has 0 bridgehead atoms. The molecule has 0 aliphatic carbocycles. The van der Waals surface area contributed by atoms with Gasteiger partial charge >= 0.3 is 5.97 Å². The summed E-state index contributed by atoms with van der Waals surface area (Å²) in [5.41, 5.74) is 1.64. The quantitative estimate of drug-likeness (QED) is 0.865. The Morgan fingerprint density at radius 2 is 2.00 bits per heavy atom. The monoisotopic (exact) mass is 299 g/mol. The number of carbonyl (C=O) groups excluding carboxylic acids is 2. The Labute approximate surface area is 126 Å². The largest absolute Gasteiger partial charge is 0.452 e. The van der Waals surface area contributed by atoms with E-state index in [0.29, 0.717) is 22.7 Å². The highest BCUT2D eigenvalue weighted by Gasteiger charge is 2.19. The molecule has 0 aliphatic rings. The van der Waals surface area contributed by atoms with Crippen molar-refractivity contribution < 1.29 is 18.8 Å². The number of aryl methyl sites for hydroxylation is 2. The molecule has 1 N–H and O–H groups in total. The van der Waals surface area contributed by atoms with Gasteiger partial charge in [-0.05, 0) is 38.1 Å². The predicted octanol–water partition coefficient (Wildman–Crippen LogP) is 1.96. The molecule has 2 rings (SSSR count). The number of rotatable bonds is 4. The Hall–Kier alpha value is -3.14. The Kier molecular flexibility index (Phi) is 4.53. The van der Waals surface area contributed by atoms with E-state index >= 15 is 0 Å². The third-order valence-electron chi connectivity index (χ3n) is 2.87. The molecule has 1 heterocycles. The van der Waals surface area contributed by atoms with Crippen LogP contribution < -0.4 is 5.32 Å². The van der Waals surface area contributed by atoms with Gasteiger partial charge in [-0.15, -0.1) is 0 Å². The van der Waals surface area contributed by atoms with Crippen LogP contribution in [0.25, 0.3) is 0 Å². The predicted molar refractivity (Wildman–Crippen MR) is 76.0 cm³/mol. The maximum atomic E-state index is 11.8. The molecule has 0 saturated carbocycles. The molecule has 1 aromatic carbocycles. The molecule has 0 fully saturated rings. The summed E-state index contributed by atoms with van der Waals surface area (Å²) in [7, 11) is 0. The van der Waals surface area contributed by atoms with Gasteiger partial charge in [-0.3, -0.25) is 4.79 Å². The average molecular weight is 299 g/mol. The highest BCUT2D eigenvalue weighted by molar-refractivity contribution is 5.96. The molecule has 2 aromatic rings. The molecule has 0 aliphatic heterocycles. The standard InChI is InChI=1S/C15H13N3O4/c1-9-14(10(2)22-18-9)15(20)21-8-13(19)17-12-5-3-11(7-16)4-6-12/h3-6H,8H2,1-2H3,(H,17,19). The minimum Gasteiger partial charge on any atom is -0.452 e. The van der Waals surface area contributed by atoms with E-state index in [4.69, 9.17) is 14.5 Å².